The van der Waals surface area contributed by atoms with Crippen LogP contribution < -0.4 is 15.4 Å². The van der Waals surface area contributed by atoms with E-state index in [0.29, 0.717) is 11.4 Å². The van der Waals surface area contributed by atoms with E-state index in [9.17, 15) is 9.59 Å². The molecule has 120 valence electrons. The Labute approximate surface area is 138 Å². The first-order valence-electron chi connectivity index (χ1n) is 7.18. The van der Waals surface area contributed by atoms with Gasteiger partial charge in [-0.05, 0) is 37.5 Å². The molecular weight excluding hydrogens is 350 g/mol. The molecule has 0 unspecified atom stereocenters. The lowest BCUT2D eigenvalue weighted by Crippen LogP contribution is -2.40. The van der Waals surface area contributed by atoms with Crippen molar-refractivity contribution in [2.45, 2.75) is 19.8 Å². The molecule has 1 aromatic carbocycles. The number of benzene rings is 1. The summed E-state index contributed by atoms with van der Waals surface area (Å²) in [5, 5.41) is 5.33. The predicted molar refractivity (Wildman–Crippen MR) is 88.3 cm³/mol. The lowest BCUT2D eigenvalue weighted by atomic mass is 10.2. The van der Waals surface area contributed by atoms with Crippen molar-refractivity contribution in [3.63, 3.8) is 0 Å². The minimum Gasteiger partial charge on any atom is -0.495 e. The molecule has 0 spiro atoms. The van der Waals surface area contributed by atoms with Crippen LogP contribution in [0.2, 0.25) is 0 Å². The molecule has 0 radical (unpaired) electrons. The van der Waals surface area contributed by atoms with Crippen molar-refractivity contribution in [2.24, 2.45) is 0 Å². The molecule has 0 saturated carbocycles. The van der Waals surface area contributed by atoms with Gasteiger partial charge in [-0.3, -0.25) is 4.79 Å². The Hall–Kier alpha value is -1.76. The van der Waals surface area contributed by atoms with Crippen LogP contribution in [-0.2, 0) is 4.79 Å². The first kappa shape index (κ1) is 16.6. The normalized spacial score (nSPS) is 13.9. The van der Waals surface area contributed by atoms with Crippen LogP contribution in [-0.4, -0.2) is 43.6 Å². The number of hydrogen-bond acceptors (Lipinski definition) is 3. The van der Waals surface area contributed by atoms with Crippen LogP contribution in [0.1, 0.15) is 18.4 Å². The van der Waals surface area contributed by atoms with E-state index < -0.39 is 6.03 Å². The van der Waals surface area contributed by atoms with Crippen LogP contribution in [0.3, 0.4) is 0 Å². The Morgan fingerprint density at radius 1 is 1.32 bits per heavy atom. The Morgan fingerprint density at radius 3 is 2.64 bits per heavy atom. The molecule has 1 fully saturated rings. The Morgan fingerprint density at radius 2 is 2.00 bits per heavy atom. The molecule has 0 atom stereocenters. The monoisotopic (exact) mass is 369 g/mol. The van der Waals surface area contributed by atoms with Gasteiger partial charge in [0.1, 0.15) is 5.75 Å². The molecule has 1 heterocycles. The van der Waals surface area contributed by atoms with Crippen LogP contribution >= 0.6 is 15.9 Å². The second-order valence-corrected chi connectivity index (χ2v) is 6.11. The first-order chi connectivity index (χ1) is 10.5. The van der Waals surface area contributed by atoms with Crippen LogP contribution in [0.5, 0.6) is 5.75 Å². The summed E-state index contributed by atoms with van der Waals surface area (Å²) in [5.74, 6) is 0.514. The topological polar surface area (TPSA) is 70.7 Å². The van der Waals surface area contributed by atoms with Crippen molar-refractivity contribution in [3.8, 4) is 5.75 Å². The van der Waals surface area contributed by atoms with Crippen molar-refractivity contribution < 1.29 is 14.3 Å². The second kappa shape index (κ2) is 7.49. The van der Waals surface area contributed by atoms with Crippen molar-refractivity contribution in [2.75, 3.05) is 32.1 Å². The van der Waals surface area contributed by atoms with E-state index in [-0.39, 0.29) is 12.5 Å². The van der Waals surface area contributed by atoms with Crippen LogP contribution in [0.4, 0.5) is 10.5 Å². The number of aryl methyl sites for hydroxylation is 1. The number of likely N-dealkylation sites (tertiary alicyclic amines) is 1. The molecule has 2 N–H and O–H groups in total. The summed E-state index contributed by atoms with van der Waals surface area (Å²) in [6.45, 7) is 3.44. The summed E-state index contributed by atoms with van der Waals surface area (Å²) in [6.07, 6.45) is 2.07. The van der Waals surface area contributed by atoms with E-state index in [1.54, 1.807) is 18.1 Å². The van der Waals surface area contributed by atoms with Gasteiger partial charge < -0.3 is 20.3 Å². The molecule has 0 aliphatic carbocycles. The van der Waals surface area contributed by atoms with E-state index in [2.05, 4.69) is 26.6 Å². The van der Waals surface area contributed by atoms with Gasteiger partial charge >= 0.3 is 6.03 Å². The number of nitrogens with one attached hydrogen (secondary N) is 2. The molecule has 2 rings (SSSR count). The quantitative estimate of drug-likeness (QED) is 0.856. The van der Waals surface area contributed by atoms with E-state index in [1.165, 1.54) is 0 Å². The number of methoxy groups -OCH3 is 1. The molecular formula is C15H20BrN3O3. The number of carbonyl (C=O) groups is 2. The smallest absolute Gasteiger partial charge is 0.319 e. The average molecular weight is 370 g/mol. The molecule has 22 heavy (non-hydrogen) atoms. The van der Waals surface area contributed by atoms with E-state index in [4.69, 9.17) is 4.74 Å². The van der Waals surface area contributed by atoms with Crippen molar-refractivity contribution in [1.82, 2.24) is 10.2 Å². The van der Waals surface area contributed by atoms with Gasteiger partial charge in [0.05, 0.1) is 19.3 Å². The highest BCUT2D eigenvalue weighted by atomic mass is 79.9. The number of amides is 3. The molecule has 6 nitrogen and oxygen atoms in total. The number of halogens is 1. The summed E-state index contributed by atoms with van der Waals surface area (Å²) < 4.78 is 6.14. The summed E-state index contributed by atoms with van der Waals surface area (Å²) >= 11 is 3.38. The van der Waals surface area contributed by atoms with E-state index in [0.717, 1.165) is 36.0 Å². The number of anilines is 1. The summed E-state index contributed by atoms with van der Waals surface area (Å²) in [5.41, 5.74) is 1.46. The SMILES string of the molecule is COc1cc(Br)cc(C)c1NC(=O)NCC(=O)N1CCCC1. The van der Waals surface area contributed by atoms with E-state index >= 15 is 0 Å². The predicted octanol–water partition coefficient (Wildman–Crippen LogP) is 2.51. The zero-order chi connectivity index (χ0) is 16.1. The largest absolute Gasteiger partial charge is 0.495 e. The second-order valence-electron chi connectivity index (χ2n) is 5.20. The molecule has 7 heteroatoms. The summed E-state index contributed by atoms with van der Waals surface area (Å²) in [4.78, 5) is 25.6. The number of ether oxygens (including phenoxy) is 1. The fourth-order valence-corrected chi connectivity index (χ4v) is 2.98. The number of nitrogens with zero attached hydrogens (tertiary/aromatic N) is 1. The standard InChI is InChI=1S/C15H20BrN3O3/c1-10-7-11(16)8-12(22-2)14(10)18-15(21)17-9-13(20)19-5-3-4-6-19/h7-8H,3-6,9H2,1-2H3,(H2,17,18,21). The molecule has 3 amide bonds. The van der Waals surface area contributed by atoms with E-state index in [1.807, 2.05) is 13.0 Å². The highest BCUT2D eigenvalue weighted by molar-refractivity contribution is 9.10. The number of carbonyl (C=O) groups excluding carboxylic acids is 2. The molecule has 1 aromatic rings. The third kappa shape index (κ3) is 4.13. The molecule has 1 saturated heterocycles. The van der Waals surface area contributed by atoms with Gasteiger partial charge in [-0.2, -0.15) is 0 Å². The maximum atomic E-state index is 12.0. The summed E-state index contributed by atoms with van der Waals surface area (Å²) in [6, 6.07) is 3.24. The lowest BCUT2D eigenvalue weighted by molar-refractivity contribution is -0.128. The lowest BCUT2D eigenvalue weighted by Gasteiger charge is -2.17. The number of urea groups is 1. The summed E-state index contributed by atoms with van der Waals surface area (Å²) in [7, 11) is 1.54. The average Bonchev–Trinajstić information content (AvgIpc) is 3.01. The molecule has 0 bridgehead atoms. The van der Waals surface area contributed by atoms with Gasteiger partial charge in [0.2, 0.25) is 5.91 Å². The number of hydrogen-bond donors (Lipinski definition) is 2. The van der Waals surface area contributed by atoms with Crippen LogP contribution in [0, 0.1) is 6.92 Å². The maximum absolute atomic E-state index is 12.0. The van der Waals surface area contributed by atoms with Gasteiger partial charge in [0.25, 0.3) is 0 Å². The molecule has 1 aliphatic heterocycles. The third-order valence-corrected chi connectivity index (χ3v) is 4.04. The third-order valence-electron chi connectivity index (χ3n) is 3.58. The zero-order valence-corrected chi connectivity index (χ0v) is 14.3. The van der Waals surface area contributed by atoms with Gasteiger partial charge in [-0.15, -0.1) is 0 Å². The van der Waals surface area contributed by atoms with Crippen LogP contribution in [0.15, 0.2) is 16.6 Å². The molecule has 0 aromatic heterocycles. The van der Waals surface area contributed by atoms with Crippen molar-refractivity contribution >= 4 is 33.6 Å². The Kier molecular flexibility index (Phi) is 5.65. The maximum Gasteiger partial charge on any atom is 0.319 e. The Bertz CT molecular complexity index is 571. The zero-order valence-electron chi connectivity index (χ0n) is 12.7. The highest BCUT2D eigenvalue weighted by Gasteiger charge is 2.18. The van der Waals surface area contributed by atoms with Crippen molar-refractivity contribution in [1.29, 1.82) is 0 Å². The first-order valence-corrected chi connectivity index (χ1v) is 7.97. The minimum absolute atomic E-state index is 0.00369. The van der Waals surface area contributed by atoms with Gasteiger partial charge in [0.15, 0.2) is 0 Å². The van der Waals surface area contributed by atoms with Crippen LogP contribution in [0.25, 0.3) is 0 Å². The van der Waals surface area contributed by atoms with Crippen molar-refractivity contribution in [3.05, 3.63) is 22.2 Å². The minimum atomic E-state index is -0.420. The number of rotatable bonds is 4. The van der Waals surface area contributed by atoms with Gasteiger partial charge in [-0.1, -0.05) is 15.9 Å². The highest BCUT2D eigenvalue weighted by Crippen LogP contribution is 2.31. The Balaban J connectivity index is 1.93. The van der Waals surface area contributed by atoms with Gasteiger partial charge in [-0.25, -0.2) is 4.79 Å². The van der Waals surface area contributed by atoms with Gasteiger partial charge in [0, 0.05) is 17.6 Å². The fourth-order valence-electron chi connectivity index (χ4n) is 2.43. The fraction of sp³-hybridized carbons (Fsp3) is 0.467. The molecule has 1 aliphatic rings.